The number of carbonyl (C=O) groups excluding carboxylic acids is 1. The Morgan fingerprint density at radius 2 is 2.04 bits per heavy atom. The molecular formula is C17H17BrFNO3. The average molecular weight is 382 g/mol. The maximum atomic E-state index is 13.9. The van der Waals surface area contributed by atoms with Crippen molar-refractivity contribution in [3.05, 3.63) is 57.8 Å². The highest BCUT2D eigenvalue weighted by Gasteiger charge is 2.19. The Bertz CT molecular complexity index is 721. The van der Waals surface area contributed by atoms with Gasteiger partial charge in [0.2, 0.25) is 0 Å². The van der Waals surface area contributed by atoms with Crippen LogP contribution in [0, 0.1) is 5.82 Å². The summed E-state index contributed by atoms with van der Waals surface area (Å²) in [5, 5.41) is 9.99. The van der Waals surface area contributed by atoms with Crippen LogP contribution in [0.1, 0.15) is 22.8 Å². The quantitative estimate of drug-likeness (QED) is 0.852. The second kappa shape index (κ2) is 7.46. The first-order valence-electron chi connectivity index (χ1n) is 7.06. The maximum absolute atomic E-state index is 13.9. The molecule has 6 heteroatoms. The Morgan fingerprint density at radius 1 is 1.30 bits per heavy atom. The molecule has 23 heavy (non-hydrogen) atoms. The molecule has 0 spiro atoms. The van der Waals surface area contributed by atoms with Gasteiger partial charge in [0.15, 0.2) is 0 Å². The molecule has 0 bridgehead atoms. The summed E-state index contributed by atoms with van der Waals surface area (Å²) >= 11 is 3.29. The number of phenolic OH excluding ortho intramolecular Hbond substituents is 1. The standard InChI is InChI=1S/C17H17BrFNO3/c1-3-20(10-11-8-12(18)4-7-15(11)19)17(22)14-6-5-13(23-2)9-16(14)21/h4-9,21H,3,10H2,1-2H3. The Hall–Kier alpha value is -2.08. The van der Waals surface area contributed by atoms with E-state index in [1.165, 1.54) is 30.2 Å². The Kier molecular flexibility index (Phi) is 5.60. The van der Waals surface area contributed by atoms with Crippen molar-refractivity contribution in [2.75, 3.05) is 13.7 Å². The first-order chi connectivity index (χ1) is 11.0. The predicted octanol–water partition coefficient (Wildman–Crippen LogP) is 3.96. The summed E-state index contributed by atoms with van der Waals surface area (Å²) in [7, 11) is 1.48. The molecule has 0 atom stereocenters. The van der Waals surface area contributed by atoms with Crippen molar-refractivity contribution in [1.29, 1.82) is 0 Å². The zero-order valence-corrected chi connectivity index (χ0v) is 14.4. The summed E-state index contributed by atoms with van der Waals surface area (Å²) in [6.07, 6.45) is 0. The molecule has 0 fully saturated rings. The topological polar surface area (TPSA) is 49.8 Å². The molecule has 0 aliphatic heterocycles. The SMILES string of the molecule is CCN(Cc1cc(Br)ccc1F)C(=O)c1ccc(OC)cc1O. The lowest BCUT2D eigenvalue weighted by atomic mass is 10.1. The summed E-state index contributed by atoms with van der Waals surface area (Å²) in [6, 6.07) is 9.06. The van der Waals surface area contributed by atoms with Gasteiger partial charge < -0.3 is 14.7 Å². The second-order valence-electron chi connectivity index (χ2n) is 4.94. The molecule has 0 saturated heterocycles. The fourth-order valence-corrected chi connectivity index (χ4v) is 2.60. The van der Waals surface area contributed by atoms with Gasteiger partial charge in [0.25, 0.3) is 5.91 Å². The molecule has 2 aromatic rings. The molecule has 122 valence electrons. The van der Waals surface area contributed by atoms with E-state index in [2.05, 4.69) is 15.9 Å². The van der Waals surface area contributed by atoms with Gasteiger partial charge in [0.1, 0.15) is 17.3 Å². The van der Waals surface area contributed by atoms with Gasteiger partial charge in [0, 0.05) is 29.2 Å². The smallest absolute Gasteiger partial charge is 0.257 e. The average Bonchev–Trinajstić information content (AvgIpc) is 2.54. The van der Waals surface area contributed by atoms with Crippen molar-refractivity contribution in [3.63, 3.8) is 0 Å². The van der Waals surface area contributed by atoms with E-state index in [1.54, 1.807) is 25.1 Å². The number of hydrogen-bond donors (Lipinski definition) is 1. The van der Waals surface area contributed by atoms with E-state index in [0.29, 0.717) is 17.9 Å². The minimum Gasteiger partial charge on any atom is -0.507 e. The second-order valence-corrected chi connectivity index (χ2v) is 5.85. The van der Waals surface area contributed by atoms with Gasteiger partial charge >= 0.3 is 0 Å². The lowest BCUT2D eigenvalue weighted by molar-refractivity contribution is 0.0748. The maximum Gasteiger partial charge on any atom is 0.257 e. The number of hydrogen-bond acceptors (Lipinski definition) is 3. The number of halogens is 2. The van der Waals surface area contributed by atoms with E-state index < -0.39 is 0 Å². The van der Waals surface area contributed by atoms with Crippen LogP contribution in [0.15, 0.2) is 40.9 Å². The number of ether oxygens (including phenoxy) is 1. The first-order valence-corrected chi connectivity index (χ1v) is 7.85. The lowest BCUT2D eigenvalue weighted by Gasteiger charge is -2.22. The van der Waals surface area contributed by atoms with Gasteiger partial charge in [-0.3, -0.25) is 4.79 Å². The van der Waals surface area contributed by atoms with Crippen LogP contribution in [0.3, 0.4) is 0 Å². The molecule has 0 heterocycles. The highest BCUT2D eigenvalue weighted by molar-refractivity contribution is 9.10. The minimum atomic E-state index is -0.376. The highest BCUT2D eigenvalue weighted by Crippen LogP contribution is 2.25. The van der Waals surface area contributed by atoms with Crippen molar-refractivity contribution in [3.8, 4) is 11.5 Å². The third-order valence-electron chi connectivity index (χ3n) is 3.47. The first kappa shape index (κ1) is 17.3. The predicted molar refractivity (Wildman–Crippen MR) is 89.2 cm³/mol. The third-order valence-corrected chi connectivity index (χ3v) is 3.97. The molecule has 1 N–H and O–H groups in total. The number of rotatable bonds is 5. The zero-order valence-electron chi connectivity index (χ0n) is 12.8. The van der Waals surface area contributed by atoms with E-state index >= 15 is 0 Å². The van der Waals surface area contributed by atoms with E-state index in [0.717, 1.165) is 4.47 Å². The molecule has 4 nitrogen and oxygen atoms in total. The van der Waals surface area contributed by atoms with Crippen LogP contribution in [-0.2, 0) is 6.54 Å². The van der Waals surface area contributed by atoms with Crippen LogP contribution < -0.4 is 4.74 Å². The monoisotopic (exact) mass is 381 g/mol. The Balaban J connectivity index is 2.26. The van der Waals surface area contributed by atoms with Crippen molar-refractivity contribution in [1.82, 2.24) is 4.90 Å². The lowest BCUT2D eigenvalue weighted by Crippen LogP contribution is -2.30. The van der Waals surface area contributed by atoms with Gasteiger partial charge in [-0.1, -0.05) is 15.9 Å². The molecule has 0 saturated carbocycles. The molecule has 0 aliphatic rings. The number of amides is 1. The molecule has 1 amide bonds. The van der Waals surface area contributed by atoms with E-state index in [4.69, 9.17) is 4.74 Å². The van der Waals surface area contributed by atoms with E-state index in [9.17, 15) is 14.3 Å². The summed E-state index contributed by atoms with van der Waals surface area (Å²) in [5.74, 6) is -0.451. The molecular weight excluding hydrogens is 365 g/mol. The summed E-state index contributed by atoms with van der Waals surface area (Å²) in [6.45, 7) is 2.30. The zero-order chi connectivity index (χ0) is 17.0. The van der Waals surface area contributed by atoms with Gasteiger partial charge in [0.05, 0.1) is 12.7 Å². The van der Waals surface area contributed by atoms with Gasteiger partial charge in [-0.05, 0) is 37.3 Å². The largest absolute Gasteiger partial charge is 0.507 e. The van der Waals surface area contributed by atoms with Crippen molar-refractivity contribution >= 4 is 21.8 Å². The molecule has 0 radical (unpaired) electrons. The summed E-state index contributed by atoms with van der Waals surface area (Å²) < 4.78 is 19.6. The molecule has 2 rings (SSSR count). The van der Waals surface area contributed by atoms with Crippen molar-refractivity contribution in [2.45, 2.75) is 13.5 Å². The third kappa shape index (κ3) is 4.01. The van der Waals surface area contributed by atoms with Gasteiger partial charge in [-0.25, -0.2) is 4.39 Å². The number of aromatic hydroxyl groups is 1. The molecule has 0 aliphatic carbocycles. The number of methoxy groups -OCH3 is 1. The van der Waals surface area contributed by atoms with Crippen molar-refractivity contribution in [2.24, 2.45) is 0 Å². The fraction of sp³-hybridized carbons (Fsp3) is 0.235. The Labute approximate surface area is 142 Å². The number of benzene rings is 2. The van der Waals surface area contributed by atoms with Gasteiger partial charge in [-0.15, -0.1) is 0 Å². The normalized spacial score (nSPS) is 10.4. The van der Waals surface area contributed by atoms with Crippen molar-refractivity contribution < 1.29 is 19.0 Å². The Morgan fingerprint density at radius 3 is 2.65 bits per heavy atom. The van der Waals surface area contributed by atoms with E-state index in [1.807, 2.05) is 0 Å². The number of carbonyl (C=O) groups is 1. The molecule has 0 unspecified atom stereocenters. The molecule has 2 aromatic carbocycles. The van der Waals surface area contributed by atoms with Crippen LogP contribution in [0.5, 0.6) is 11.5 Å². The molecule has 0 aromatic heterocycles. The van der Waals surface area contributed by atoms with E-state index in [-0.39, 0.29) is 29.6 Å². The fourth-order valence-electron chi connectivity index (χ4n) is 2.19. The summed E-state index contributed by atoms with van der Waals surface area (Å²) in [4.78, 5) is 14.1. The minimum absolute atomic E-state index is 0.117. The van der Waals surface area contributed by atoms with Crippen LogP contribution in [0.2, 0.25) is 0 Å². The van der Waals surface area contributed by atoms with Crippen LogP contribution in [0.25, 0.3) is 0 Å². The number of phenols is 1. The summed E-state index contributed by atoms with van der Waals surface area (Å²) in [5.41, 5.74) is 0.561. The van der Waals surface area contributed by atoms with Gasteiger partial charge in [-0.2, -0.15) is 0 Å². The van der Waals surface area contributed by atoms with Crippen LogP contribution in [0.4, 0.5) is 4.39 Å². The van der Waals surface area contributed by atoms with Crippen LogP contribution in [-0.4, -0.2) is 29.6 Å². The number of nitrogens with zero attached hydrogens (tertiary/aromatic N) is 1. The highest BCUT2D eigenvalue weighted by atomic mass is 79.9. The van der Waals surface area contributed by atoms with Crippen LogP contribution >= 0.6 is 15.9 Å².